The van der Waals surface area contributed by atoms with Crippen molar-refractivity contribution in [3.05, 3.63) is 29.3 Å². The highest BCUT2D eigenvalue weighted by Crippen LogP contribution is 2.18. The number of benzene rings is 1. The fourth-order valence-corrected chi connectivity index (χ4v) is 3.35. The Hall–Kier alpha value is -0.620. The van der Waals surface area contributed by atoms with Crippen molar-refractivity contribution in [2.75, 3.05) is 0 Å². The van der Waals surface area contributed by atoms with E-state index in [1.165, 1.54) is 24.3 Å². The van der Waals surface area contributed by atoms with Gasteiger partial charge < -0.3 is 5.11 Å². The first-order valence-corrected chi connectivity index (χ1v) is 8.10. The highest BCUT2D eigenvalue weighted by molar-refractivity contribution is 7.89. The minimum atomic E-state index is -3.65. The number of halogens is 1. The van der Waals surface area contributed by atoms with Crippen LogP contribution in [0.2, 0.25) is 5.02 Å². The Bertz CT molecular complexity index is 499. The van der Waals surface area contributed by atoms with Gasteiger partial charge in [-0.25, -0.2) is 13.1 Å². The van der Waals surface area contributed by atoms with Crippen LogP contribution in [0.4, 0.5) is 0 Å². The maximum absolute atomic E-state index is 12.2. The Kier molecular flexibility index (Phi) is 5.80. The van der Waals surface area contributed by atoms with E-state index in [9.17, 15) is 13.5 Å². The molecule has 1 aromatic rings. The van der Waals surface area contributed by atoms with Crippen LogP contribution in [0.5, 0.6) is 0 Å². The molecule has 0 spiro atoms. The second-order valence-electron chi connectivity index (χ2n) is 4.73. The van der Waals surface area contributed by atoms with Crippen molar-refractivity contribution in [1.29, 1.82) is 0 Å². The number of aliphatic hydroxyl groups is 1. The first-order valence-electron chi connectivity index (χ1n) is 6.24. The number of hydrogen-bond donors (Lipinski definition) is 2. The molecule has 6 heteroatoms. The molecule has 0 aliphatic carbocycles. The maximum Gasteiger partial charge on any atom is 0.240 e. The largest absolute Gasteiger partial charge is 0.392 e. The quantitative estimate of drug-likeness (QED) is 0.848. The molecular formula is C13H20ClNO3S. The molecule has 0 aromatic heterocycles. The van der Waals surface area contributed by atoms with Crippen LogP contribution in [0.25, 0.3) is 0 Å². The van der Waals surface area contributed by atoms with E-state index in [-0.39, 0.29) is 10.8 Å². The topological polar surface area (TPSA) is 66.4 Å². The third-order valence-electron chi connectivity index (χ3n) is 3.19. The third-order valence-corrected chi connectivity index (χ3v) is 4.92. The zero-order valence-corrected chi connectivity index (χ0v) is 12.9. The number of hydrogen-bond acceptors (Lipinski definition) is 3. The van der Waals surface area contributed by atoms with Gasteiger partial charge in [0.15, 0.2) is 0 Å². The van der Waals surface area contributed by atoms with E-state index in [4.69, 9.17) is 11.6 Å². The molecule has 0 saturated carbocycles. The van der Waals surface area contributed by atoms with Gasteiger partial charge in [0, 0.05) is 5.02 Å². The smallest absolute Gasteiger partial charge is 0.240 e. The second kappa shape index (κ2) is 6.70. The van der Waals surface area contributed by atoms with Gasteiger partial charge in [-0.05, 0) is 37.1 Å². The van der Waals surface area contributed by atoms with Crippen LogP contribution in [0.1, 0.15) is 27.2 Å². The van der Waals surface area contributed by atoms with Gasteiger partial charge in [0.2, 0.25) is 10.0 Å². The van der Waals surface area contributed by atoms with Crippen LogP contribution in [0, 0.1) is 5.92 Å². The van der Waals surface area contributed by atoms with Crippen molar-refractivity contribution in [3.63, 3.8) is 0 Å². The Labute approximate surface area is 119 Å². The summed E-state index contributed by atoms with van der Waals surface area (Å²) in [6, 6.07) is 5.43. The van der Waals surface area contributed by atoms with Crippen molar-refractivity contribution in [3.8, 4) is 0 Å². The minimum absolute atomic E-state index is 0.0436. The van der Waals surface area contributed by atoms with E-state index in [1.54, 1.807) is 6.92 Å². The average molecular weight is 306 g/mol. The summed E-state index contributed by atoms with van der Waals surface area (Å²) in [6.07, 6.45) is 0.0237. The molecular weight excluding hydrogens is 286 g/mol. The monoisotopic (exact) mass is 305 g/mol. The molecule has 0 heterocycles. The first kappa shape index (κ1) is 16.4. The summed E-state index contributed by atoms with van der Waals surface area (Å²) < 4.78 is 27.0. The molecule has 1 rings (SSSR count). The molecule has 0 radical (unpaired) electrons. The van der Waals surface area contributed by atoms with Crippen molar-refractivity contribution in [2.24, 2.45) is 5.92 Å². The van der Waals surface area contributed by atoms with Crippen molar-refractivity contribution in [2.45, 2.75) is 44.2 Å². The molecule has 0 bridgehead atoms. The minimum Gasteiger partial charge on any atom is -0.392 e. The lowest BCUT2D eigenvalue weighted by molar-refractivity contribution is 0.128. The maximum atomic E-state index is 12.2. The van der Waals surface area contributed by atoms with Gasteiger partial charge >= 0.3 is 0 Å². The van der Waals surface area contributed by atoms with Crippen molar-refractivity contribution in [1.82, 2.24) is 4.72 Å². The molecule has 0 amide bonds. The van der Waals surface area contributed by atoms with Gasteiger partial charge in [0.05, 0.1) is 17.0 Å². The summed E-state index contributed by atoms with van der Waals surface area (Å²) in [6.45, 7) is 5.44. The summed E-state index contributed by atoms with van der Waals surface area (Å²) in [5, 5.41) is 10.2. The molecule has 0 saturated heterocycles. The van der Waals surface area contributed by atoms with Gasteiger partial charge in [0.1, 0.15) is 0 Å². The van der Waals surface area contributed by atoms with Gasteiger partial charge in [0.25, 0.3) is 0 Å². The van der Waals surface area contributed by atoms with E-state index in [1.807, 2.05) is 13.8 Å². The number of nitrogens with one attached hydrogen (secondary N) is 1. The Morgan fingerprint density at radius 2 is 1.79 bits per heavy atom. The zero-order chi connectivity index (χ0) is 14.6. The van der Waals surface area contributed by atoms with Gasteiger partial charge in [-0.3, -0.25) is 0 Å². The fourth-order valence-electron chi connectivity index (χ4n) is 1.80. The van der Waals surface area contributed by atoms with E-state index < -0.39 is 22.2 Å². The summed E-state index contributed by atoms with van der Waals surface area (Å²) in [5.41, 5.74) is 0. The number of sulfonamides is 1. The predicted octanol–water partition coefficient (Wildman–Crippen LogP) is 2.41. The highest BCUT2D eigenvalue weighted by Gasteiger charge is 2.27. The molecule has 108 valence electrons. The molecule has 0 aliphatic heterocycles. The van der Waals surface area contributed by atoms with Crippen LogP contribution in [-0.4, -0.2) is 25.7 Å². The van der Waals surface area contributed by atoms with Crippen LogP contribution in [0.15, 0.2) is 29.2 Å². The standard InChI is InChI=1S/C13H20ClNO3S/c1-4-9(2)13(10(3)16)15-19(17,18)12-7-5-11(14)6-8-12/h5-10,13,15-16H,4H2,1-3H3. The number of aliphatic hydroxyl groups excluding tert-OH is 1. The molecule has 3 unspecified atom stereocenters. The number of rotatable bonds is 6. The molecule has 1 aromatic carbocycles. The lowest BCUT2D eigenvalue weighted by Gasteiger charge is -2.26. The lowest BCUT2D eigenvalue weighted by Crippen LogP contribution is -2.46. The summed E-state index contributed by atoms with van der Waals surface area (Å²) in [5.74, 6) is 0.0436. The van der Waals surface area contributed by atoms with Gasteiger partial charge in [-0.2, -0.15) is 0 Å². The second-order valence-corrected chi connectivity index (χ2v) is 6.88. The summed E-state index contributed by atoms with van der Waals surface area (Å²) in [7, 11) is -3.65. The molecule has 2 N–H and O–H groups in total. The van der Waals surface area contributed by atoms with E-state index in [0.717, 1.165) is 6.42 Å². The zero-order valence-electron chi connectivity index (χ0n) is 11.3. The molecule has 0 aliphatic rings. The predicted molar refractivity (Wildman–Crippen MR) is 76.7 cm³/mol. The average Bonchev–Trinajstić information content (AvgIpc) is 2.35. The SMILES string of the molecule is CCC(C)C(NS(=O)(=O)c1ccc(Cl)cc1)C(C)O. The molecule has 4 nitrogen and oxygen atoms in total. The Balaban J connectivity index is 2.97. The van der Waals surface area contributed by atoms with Crippen molar-refractivity contribution >= 4 is 21.6 Å². The van der Waals surface area contributed by atoms with Crippen LogP contribution < -0.4 is 4.72 Å². The van der Waals surface area contributed by atoms with Crippen LogP contribution >= 0.6 is 11.6 Å². The fraction of sp³-hybridized carbons (Fsp3) is 0.538. The van der Waals surface area contributed by atoms with Gasteiger partial charge in [-0.15, -0.1) is 0 Å². The van der Waals surface area contributed by atoms with E-state index >= 15 is 0 Å². The summed E-state index contributed by atoms with van der Waals surface area (Å²) in [4.78, 5) is 0.144. The van der Waals surface area contributed by atoms with Crippen LogP contribution in [-0.2, 0) is 10.0 Å². The van der Waals surface area contributed by atoms with Gasteiger partial charge in [-0.1, -0.05) is 31.9 Å². The third kappa shape index (κ3) is 4.45. The summed E-state index contributed by atoms with van der Waals surface area (Å²) >= 11 is 5.74. The molecule has 0 fully saturated rings. The Morgan fingerprint density at radius 3 is 2.21 bits per heavy atom. The molecule has 19 heavy (non-hydrogen) atoms. The van der Waals surface area contributed by atoms with E-state index in [2.05, 4.69) is 4.72 Å². The first-order chi connectivity index (χ1) is 8.77. The van der Waals surface area contributed by atoms with E-state index in [0.29, 0.717) is 5.02 Å². The van der Waals surface area contributed by atoms with Crippen LogP contribution in [0.3, 0.4) is 0 Å². The highest BCUT2D eigenvalue weighted by atomic mass is 35.5. The Morgan fingerprint density at radius 1 is 1.26 bits per heavy atom. The van der Waals surface area contributed by atoms with Crippen molar-refractivity contribution < 1.29 is 13.5 Å². The molecule has 3 atom stereocenters. The normalized spacial score (nSPS) is 16.9. The lowest BCUT2D eigenvalue weighted by atomic mass is 9.96.